The summed E-state index contributed by atoms with van der Waals surface area (Å²) in [6, 6.07) is 0. The third-order valence-corrected chi connectivity index (χ3v) is 6.31. The van der Waals surface area contributed by atoms with Crippen LogP contribution < -0.4 is 0 Å². The Morgan fingerprint density at radius 1 is 1.04 bits per heavy atom. The van der Waals surface area contributed by atoms with Crippen LogP contribution in [0, 0.1) is 30.3 Å². The van der Waals surface area contributed by atoms with Gasteiger partial charge in [0.15, 0.2) is 5.60 Å². The number of halogens is 1. The molecule has 25 heavy (non-hydrogen) atoms. The van der Waals surface area contributed by atoms with E-state index in [1.54, 1.807) is 0 Å². The van der Waals surface area contributed by atoms with Crippen LogP contribution >= 0.6 is 15.9 Å². The molecular formula is C12H17BrN4O8. The molecule has 0 amide bonds. The summed E-state index contributed by atoms with van der Waals surface area (Å²) < 4.78 is 0. The van der Waals surface area contributed by atoms with Crippen LogP contribution in [0.2, 0.25) is 0 Å². The van der Waals surface area contributed by atoms with Crippen LogP contribution in [0.15, 0.2) is 0 Å². The largest absolute Gasteiger partial charge is 0.568 e. The molecule has 0 aromatic heterocycles. The first-order chi connectivity index (χ1) is 11.7. The summed E-state index contributed by atoms with van der Waals surface area (Å²) in [4.78, 5) is 43.1. The Morgan fingerprint density at radius 3 is 1.92 bits per heavy atom. The van der Waals surface area contributed by atoms with Gasteiger partial charge in [-0.2, -0.15) is 0 Å². The summed E-state index contributed by atoms with van der Waals surface area (Å²) in [6.45, 7) is 0. The molecule has 0 aromatic carbocycles. The predicted octanol–water partition coefficient (Wildman–Crippen LogP) is 1.65. The Morgan fingerprint density at radius 2 is 1.60 bits per heavy atom. The number of hydrogen-bond donors (Lipinski definition) is 0. The van der Waals surface area contributed by atoms with Crippen LogP contribution in [0.5, 0.6) is 0 Å². The number of hydrogen-bond acceptors (Lipinski definition) is 9. The number of nitro groups is 3. The van der Waals surface area contributed by atoms with Crippen molar-refractivity contribution >= 4 is 15.9 Å². The maximum Gasteiger partial charge on any atom is 0.568 e. The van der Waals surface area contributed by atoms with Crippen molar-refractivity contribution in [3.8, 4) is 0 Å². The van der Waals surface area contributed by atoms with Crippen LogP contribution in [0.4, 0.5) is 0 Å². The van der Waals surface area contributed by atoms with Crippen molar-refractivity contribution in [3.63, 3.8) is 0 Å². The molecule has 12 nitrogen and oxygen atoms in total. The first kappa shape index (κ1) is 18.4. The summed E-state index contributed by atoms with van der Waals surface area (Å²) in [7, 11) is 0. The second-order valence-electron chi connectivity index (χ2n) is 6.71. The number of nitrogens with zero attached hydrogens (tertiary/aromatic N) is 4. The van der Waals surface area contributed by atoms with Gasteiger partial charge in [0.1, 0.15) is 22.4 Å². The molecule has 13 heteroatoms. The summed E-state index contributed by atoms with van der Waals surface area (Å²) >= 11 is 3.09. The smallest absolute Gasteiger partial charge is 0.264 e. The normalized spacial score (nSPS) is 29.4. The summed E-state index contributed by atoms with van der Waals surface area (Å²) in [6.07, 6.45) is 1.08. The van der Waals surface area contributed by atoms with Crippen molar-refractivity contribution in [2.24, 2.45) is 0 Å². The first-order valence-corrected chi connectivity index (χ1v) is 9.02. The molecule has 1 unspecified atom stereocenters. The van der Waals surface area contributed by atoms with E-state index in [9.17, 15) is 30.3 Å². The van der Waals surface area contributed by atoms with E-state index in [1.165, 1.54) is 0 Å². The lowest BCUT2D eigenvalue weighted by Gasteiger charge is -2.53. The monoisotopic (exact) mass is 424 g/mol. The van der Waals surface area contributed by atoms with Gasteiger partial charge in [0.25, 0.3) is 5.54 Å². The Bertz CT molecular complexity index is 594. The van der Waals surface area contributed by atoms with Gasteiger partial charge in [-0.3, -0.25) is 35.2 Å². The van der Waals surface area contributed by atoms with Crippen molar-refractivity contribution < 1.29 is 24.4 Å². The third kappa shape index (κ3) is 2.36. The fraction of sp³-hybridized carbons (Fsp3) is 1.00. The second-order valence-corrected chi connectivity index (χ2v) is 7.36. The minimum absolute atomic E-state index is 0.129. The molecule has 1 aliphatic heterocycles. The Balaban J connectivity index is 1.95. The van der Waals surface area contributed by atoms with E-state index in [-0.39, 0.29) is 18.2 Å². The van der Waals surface area contributed by atoms with E-state index in [1.807, 2.05) is 0 Å². The molecule has 2 saturated carbocycles. The average molecular weight is 425 g/mol. The highest BCUT2D eigenvalue weighted by molar-refractivity contribution is 9.09. The third-order valence-electron chi connectivity index (χ3n) is 5.59. The lowest BCUT2D eigenvalue weighted by molar-refractivity contribution is -0.855. The van der Waals surface area contributed by atoms with Gasteiger partial charge in [0, 0.05) is 23.1 Å². The molecule has 0 aromatic rings. The highest BCUT2D eigenvalue weighted by Gasteiger charge is 2.76. The molecule has 3 fully saturated rings. The van der Waals surface area contributed by atoms with Crippen LogP contribution in [-0.2, 0) is 9.68 Å². The predicted molar refractivity (Wildman–Crippen MR) is 83.1 cm³/mol. The standard InChI is InChI=1S/C12H17BrN4O8/c13-8-9-7-12(15(20)21,16(22)23)17(24-9)25-11(5-2-6-11)10(14(18)19)3-1-4-10/h9H,1-8H2. The van der Waals surface area contributed by atoms with Crippen molar-refractivity contribution in [3.05, 3.63) is 30.3 Å². The van der Waals surface area contributed by atoms with Gasteiger partial charge in [-0.05, 0) is 25.7 Å². The Labute approximate surface area is 149 Å². The molecule has 0 radical (unpaired) electrons. The van der Waals surface area contributed by atoms with E-state index in [0.717, 1.165) is 0 Å². The van der Waals surface area contributed by atoms with E-state index in [2.05, 4.69) is 15.9 Å². The van der Waals surface area contributed by atoms with Crippen molar-refractivity contribution in [1.29, 1.82) is 0 Å². The molecule has 1 heterocycles. The maximum absolute atomic E-state index is 11.7. The highest BCUT2D eigenvalue weighted by atomic mass is 79.9. The van der Waals surface area contributed by atoms with Crippen LogP contribution in [0.3, 0.4) is 0 Å². The molecule has 1 saturated heterocycles. The van der Waals surface area contributed by atoms with E-state index in [4.69, 9.17) is 9.68 Å². The SMILES string of the molecule is O=[N+]([O-])C1([N+](=O)[O-])CC(CBr)ON1OC1(C2([N+](=O)[O-])CCC2)CCC1. The van der Waals surface area contributed by atoms with Gasteiger partial charge in [0.05, 0.1) is 5.23 Å². The Kier molecular flexibility index (Phi) is 4.46. The zero-order valence-corrected chi connectivity index (χ0v) is 14.8. The molecule has 1 atom stereocenters. The van der Waals surface area contributed by atoms with Gasteiger partial charge in [0.2, 0.25) is 0 Å². The van der Waals surface area contributed by atoms with Crippen molar-refractivity contribution in [2.45, 2.75) is 68.0 Å². The zero-order chi connectivity index (χ0) is 18.5. The molecule has 140 valence electrons. The quantitative estimate of drug-likeness (QED) is 0.257. The number of hydroxylamine groups is 2. The summed E-state index contributed by atoms with van der Waals surface area (Å²) in [5, 5.41) is 35.1. The fourth-order valence-electron chi connectivity index (χ4n) is 3.78. The van der Waals surface area contributed by atoms with Crippen molar-refractivity contribution in [1.82, 2.24) is 5.23 Å². The topological polar surface area (TPSA) is 151 Å². The van der Waals surface area contributed by atoms with E-state index in [0.29, 0.717) is 30.9 Å². The Hall–Kier alpha value is -1.44. The minimum atomic E-state index is -2.82. The van der Waals surface area contributed by atoms with E-state index >= 15 is 0 Å². The first-order valence-electron chi connectivity index (χ1n) is 7.90. The highest BCUT2D eigenvalue weighted by Crippen LogP contribution is 2.56. The van der Waals surface area contributed by atoms with Gasteiger partial charge in [-0.15, -0.1) is 0 Å². The molecule has 0 bridgehead atoms. The summed E-state index contributed by atoms with van der Waals surface area (Å²) in [5.74, 6) is -2.82. The molecule has 0 spiro atoms. The van der Waals surface area contributed by atoms with Gasteiger partial charge >= 0.3 is 5.79 Å². The lowest BCUT2D eigenvalue weighted by Crippen LogP contribution is -2.70. The zero-order valence-electron chi connectivity index (χ0n) is 13.2. The second kappa shape index (κ2) is 6.07. The average Bonchev–Trinajstić information content (AvgIpc) is 2.82. The molecular weight excluding hydrogens is 408 g/mol. The van der Waals surface area contributed by atoms with Gasteiger partial charge in [-0.1, -0.05) is 15.9 Å². The molecule has 2 aliphatic carbocycles. The van der Waals surface area contributed by atoms with Crippen molar-refractivity contribution in [2.75, 3.05) is 5.33 Å². The fourth-order valence-corrected chi connectivity index (χ4v) is 4.13. The number of rotatable bonds is 7. The van der Waals surface area contributed by atoms with Crippen LogP contribution in [0.1, 0.15) is 44.9 Å². The number of alkyl halides is 1. The van der Waals surface area contributed by atoms with Gasteiger partial charge in [-0.25, -0.2) is 4.84 Å². The van der Waals surface area contributed by atoms with Gasteiger partial charge < -0.3 is 0 Å². The summed E-state index contributed by atoms with van der Waals surface area (Å²) in [5.41, 5.74) is -2.69. The molecule has 3 aliphatic rings. The van der Waals surface area contributed by atoms with Crippen LogP contribution in [0.25, 0.3) is 0 Å². The van der Waals surface area contributed by atoms with Crippen LogP contribution in [-0.4, -0.2) is 48.4 Å². The minimum Gasteiger partial charge on any atom is -0.264 e. The lowest BCUT2D eigenvalue weighted by atomic mass is 9.57. The molecule has 0 N–H and O–H groups in total. The molecule has 3 rings (SSSR count). The van der Waals surface area contributed by atoms with E-state index < -0.39 is 44.2 Å². The maximum atomic E-state index is 11.7.